The quantitative estimate of drug-likeness (QED) is 0.571. The summed E-state index contributed by atoms with van der Waals surface area (Å²) in [6.07, 6.45) is 1.78. The van der Waals surface area contributed by atoms with Gasteiger partial charge in [-0.1, -0.05) is 35.5 Å². The van der Waals surface area contributed by atoms with Crippen molar-refractivity contribution in [3.63, 3.8) is 0 Å². The van der Waals surface area contributed by atoms with E-state index in [-0.39, 0.29) is 17.6 Å². The van der Waals surface area contributed by atoms with Gasteiger partial charge < -0.3 is 9.42 Å². The number of benzene rings is 2. The minimum atomic E-state index is -0.338. The number of halogens is 1. The summed E-state index contributed by atoms with van der Waals surface area (Å²) >= 11 is 1.57. The van der Waals surface area contributed by atoms with E-state index in [0.717, 1.165) is 24.3 Å². The van der Waals surface area contributed by atoms with Gasteiger partial charge in [-0.2, -0.15) is 4.98 Å². The van der Waals surface area contributed by atoms with Crippen LogP contribution in [0, 0.1) is 12.7 Å². The molecule has 0 bridgehead atoms. The SMILES string of the molecule is Cc1ccccc1SCC(=O)N1CCCC(c2nc(-c3cccc(F)c3)no2)C1. The smallest absolute Gasteiger partial charge is 0.232 e. The molecule has 4 rings (SSSR count). The number of piperidine rings is 1. The molecule has 1 aliphatic heterocycles. The van der Waals surface area contributed by atoms with Crippen LogP contribution in [0.2, 0.25) is 0 Å². The number of carbonyl (C=O) groups excluding carboxylic acids is 1. The molecule has 150 valence electrons. The van der Waals surface area contributed by atoms with Crippen LogP contribution in [0.15, 0.2) is 57.9 Å². The van der Waals surface area contributed by atoms with Crippen molar-refractivity contribution in [2.45, 2.75) is 30.6 Å². The van der Waals surface area contributed by atoms with Crippen LogP contribution in [-0.2, 0) is 4.79 Å². The van der Waals surface area contributed by atoms with Crippen molar-refractivity contribution in [3.8, 4) is 11.4 Å². The van der Waals surface area contributed by atoms with Crippen LogP contribution < -0.4 is 0 Å². The molecule has 1 atom stereocenters. The molecule has 0 radical (unpaired) electrons. The Kier molecular flexibility index (Phi) is 5.94. The minimum Gasteiger partial charge on any atom is -0.341 e. The lowest BCUT2D eigenvalue weighted by Crippen LogP contribution is -2.40. The first-order chi connectivity index (χ1) is 14.1. The maximum Gasteiger partial charge on any atom is 0.232 e. The van der Waals surface area contributed by atoms with Crippen molar-refractivity contribution in [3.05, 3.63) is 65.8 Å². The average Bonchev–Trinajstić information content (AvgIpc) is 3.23. The molecule has 1 unspecified atom stereocenters. The van der Waals surface area contributed by atoms with E-state index < -0.39 is 0 Å². The molecule has 0 N–H and O–H groups in total. The van der Waals surface area contributed by atoms with E-state index in [1.807, 2.05) is 23.1 Å². The number of nitrogens with zero attached hydrogens (tertiary/aromatic N) is 3. The van der Waals surface area contributed by atoms with Gasteiger partial charge in [0.15, 0.2) is 0 Å². The van der Waals surface area contributed by atoms with E-state index in [0.29, 0.717) is 29.6 Å². The lowest BCUT2D eigenvalue weighted by atomic mass is 9.98. The summed E-state index contributed by atoms with van der Waals surface area (Å²) in [5.41, 5.74) is 1.76. The molecule has 2 heterocycles. The zero-order chi connectivity index (χ0) is 20.2. The van der Waals surface area contributed by atoms with Crippen molar-refractivity contribution >= 4 is 17.7 Å². The summed E-state index contributed by atoms with van der Waals surface area (Å²) in [6.45, 7) is 3.36. The fraction of sp³-hybridized carbons (Fsp3) is 0.318. The van der Waals surface area contributed by atoms with Crippen molar-refractivity contribution < 1.29 is 13.7 Å². The molecule has 2 aromatic carbocycles. The number of aryl methyl sites for hydroxylation is 1. The first kappa shape index (κ1) is 19.6. The minimum absolute atomic E-state index is 0.00553. The summed E-state index contributed by atoms with van der Waals surface area (Å²) in [5, 5.41) is 4.00. The number of hydrogen-bond donors (Lipinski definition) is 0. The summed E-state index contributed by atoms with van der Waals surface area (Å²) < 4.78 is 18.9. The fourth-order valence-corrected chi connectivity index (χ4v) is 4.43. The standard InChI is InChI=1S/C22H22FN3O2S/c1-15-6-2-3-10-19(15)29-14-20(27)26-11-5-8-17(13-26)22-24-21(25-28-22)16-7-4-9-18(23)12-16/h2-4,6-7,9-10,12,17H,5,8,11,13-14H2,1H3. The number of likely N-dealkylation sites (tertiary alicyclic amines) is 1. The van der Waals surface area contributed by atoms with Gasteiger partial charge in [0.2, 0.25) is 17.6 Å². The number of thioether (sulfide) groups is 1. The Balaban J connectivity index is 1.39. The third kappa shape index (κ3) is 4.67. The van der Waals surface area contributed by atoms with Gasteiger partial charge >= 0.3 is 0 Å². The lowest BCUT2D eigenvalue weighted by molar-refractivity contribution is -0.129. The largest absolute Gasteiger partial charge is 0.341 e. The molecule has 0 aliphatic carbocycles. The van der Waals surface area contributed by atoms with Gasteiger partial charge in [0, 0.05) is 23.5 Å². The highest BCUT2D eigenvalue weighted by molar-refractivity contribution is 8.00. The number of hydrogen-bond acceptors (Lipinski definition) is 5. The number of carbonyl (C=O) groups is 1. The monoisotopic (exact) mass is 411 g/mol. The molecule has 1 aliphatic rings. The highest BCUT2D eigenvalue weighted by Crippen LogP contribution is 2.29. The van der Waals surface area contributed by atoms with Gasteiger partial charge in [0.05, 0.1) is 11.7 Å². The zero-order valence-corrected chi connectivity index (χ0v) is 17.0. The predicted molar refractivity (Wildman–Crippen MR) is 110 cm³/mol. The van der Waals surface area contributed by atoms with E-state index in [2.05, 4.69) is 23.1 Å². The lowest BCUT2D eigenvalue weighted by Gasteiger charge is -2.31. The molecule has 3 aromatic rings. The van der Waals surface area contributed by atoms with E-state index in [4.69, 9.17) is 4.52 Å². The topological polar surface area (TPSA) is 59.2 Å². The second kappa shape index (κ2) is 8.78. The Morgan fingerprint density at radius 1 is 1.28 bits per heavy atom. The maximum absolute atomic E-state index is 13.4. The van der Waals surface area contributed by atoms with Crippen LogP contribution in [0.5, 0.6) is 0 Å². The second-order valence-electron chi connectivity index (χ2n) is 7.20. The molecule has 0 spiro atoms. The predicted octanol–water partition coefficient (Wildman–Crippen LogP) is 4.68. The normalized spacial score (nSPS) is 16.8. The fourth-order valence-electron chi connectivity index (χ4n) is 3.50. The Morgan fingerprint density at radius 3 is 2.97 bits per heavy atom. The van der Waals surface area contributed by atoms with Crippen molar-refractivity contribution in [1.29, 1.82) is 0 Å². The van der Waals surface area contributed by atoms with Crippen LogP contribution >= 0.6 is 11.8 Å². The first-order valence-electron chi connectivity index (χ1n) is 9.66. The number of rotatable bonds is 5. The number of aromatic nitrogens is 2. The third-order valence-electron chi connectivity index (χ3n) is 5.09. The molecule has 7 heteroatoms. The van der Waals surface area contributed by atoms with E-state index in [9.17, 15) is 9.18 Å². The van der Waals surface area contributed by atoms with Gasteiger partial charge in [-0.3, -0.25) is 4.79 Å². The summed E-state index contributed by atoms with van der Waals surface area (Å²) in [4.78, 5) is 20.2. The van der Waals surface area contributed by atoms with Gasteiger partial charge in [0.25, 0.3) is 0 Å². The molecular weight excluding hydrogens is 389 g/mol. The summed E-state index contributed by atoms with van der Waals surface area (Å²) in [6, 6.07) is 14.2. The number of amides is 1. The van der Waals surface area contributed by atoms with E-state index >= 15 is 0 Å². The average molecular weight is 412 g/mol. The summed E-state index contributed by atoms with van der Waals surface area (Å²) in [7, 11) is 0. The van der Waals surface area contributed by atoms with E-state index in [1.54, 1.807) is 23.9 Å². The molecule has 1 aromatic heterocycles. The van der Waals surface area contributed by atoms with Gasteiger partial charge in [-0.05, 0) is 43.5 Å². The van der Waals surface area contributed by atoms with Gasteiger partial charge in [-0.25, -0.2) is 4.39 Å². The van der Waals surface area contributed by atoms with Crippen LogP contribution in [0.3, 0.4) is 0 Å². The first-order valence-corrected chi connectivity index (χ1v) is 10.6. The molecule has 0 saturated carbocycles. The summed E-state index contributed by atoms with van der Waals surface area (Å²) in [5.74, 6) is 1.08. The molecule has 5 nitrogen and oxygen atoms in total. The Hall–Kier alpha value is -2.67. The van der Waals surface area contributed by atoms with Crippen LogP contribution in [0.4, 0.5) is 4.39 Å². The third-order valence-corrected chi connectivity index (χ3v) is 6.25. The van der Waals surface area contributed by atoms with Gasteiger partial charge in [-0.15, -0.1) is 11.8 Å². The maximum atomic E-state index is 13.4. The van der Waals surface area contributed by atoms with Crippen molar-refractivity contribution in [2.75, 3.05) is 18.8 Å². The zero-order valence-electron chi connectivity index (χ0n) is 16.2. The highest BCUT2D eigenvalue weighted by Gasteiger charge is 2.28. The van der Waals surface area contributed by atoms with Crippen molar-refractivity contribution in [2.24, 2.45) is 0 Å². The Morgan fingerprint density at radius 2 is 2.14 bits per heavy atom. The molecule has 1 fully saturated rings. The van der Waals surface area contributed by atoms with Crippen LogP contribution in [-0.4, -0.2) is 39.8 Å². The molecular formula is C22H22FN3O2S. The van der Waals surface area contributed by atoms with Gasteiger partial charge in [0.1, 0.15) is 5.82 Å². The van der Waals surface area contributed by atoms with Crippen LogP contribution in [0.25, 0.3) is 11.4 Å². The molecule has 1 saturated heterocycles. The Bertz CT molecular complexity index is 1010. The van der Waals surface area contributed by atoms with Crippen LogP contribution in [0.1, 0.15) is 30.2 Å². The second-order valence-corrected chi connectivity index (χ2v) is 8.22. The highest BCUT2D eigenvalue weighted by atomic mass is 32.2. The van der Waals surface area contributed by atoms with Crippen molar-refractivity contribution in [1.82, 2.24) is 15.0 Å². The van der Waals surface area contributed by atoms with E-state index in [1.165, 1.54) is 17.7 Å². The molecule has 1 amide bonds. The Labute approximate surface area is 173 Å². The molecule has 29 heavy (non-hydrogen) atoms.